The summed E-state index contributed by atoms with van der Waals surface area (Å²) < 4.78 is 0. The van der Waals surface area contributed by atoms with Crippen molar-refractivity contribution in [3.63, 3.8) is 0 Å². The van der Waals surface area contributed by atoms with Crippen molar-refractivity contribution in [2.75, 3.05) is 0 Å². The van der Waals surface area contributed by atoms with Gasteiger partial charge in [0.1, 0.15) is 0 Å². The highest BCUT2D eigenvalue weighted by Gasteiger charge is 2.12. The highest BCUT2D eigenvalue weighted by atomic mass is 14.2. The highest BCUT2D eigenvalue weighted by Crippen LogP contribution is 2.30. The third-order valence-electron chi connectivity index (χ3n) is 5.47. The summed E-state index contributed by atoms with van der Waals surface area (Å²) in [5, 5.41) is 0. The van der Waals surface area contributed by atoms with Crippen molar-refractivity contribution in [1.82, 2.24) is 0 Å². The van der Waals surface area contributed by atoms with E-state index in [1.807, 2.05) is 0 Å². The Morgan fingerprint density at radius 2 is 0.714 bits per heavy atom. The molecule has 0 aliphatic carbocycles. The fourth-order valence-corrected chi connectivity index (χ4v) is 3.91. The predicted octanol–water partition coefficient (Wildman–Crippen LogP) is 8.91. The maximum Gasteiger partial charge on any atom is -0.0187 e. The van der Waals surface area contributed by atoms with Gasteiger partial charge >= 0.3 is 0 Å². The van der Waals surface area contributed by atoms with Crippen molar-refractivity contribution in [3.8, 4) is 0 Å². The molecule has 150 valence electrons. The summed E-state index contributed by atoms with van der Waals surface area (Å²) in [5.74, 6) is 2.10. The van der Waals surface area contributed by atoms with E-state index in [2.05, 4.69) is 116 Å². The van der Waals surface area contributed by atoms with Crippen LogP contribution < -0.4 is 0 Å². The third kappa shape index (κ3) is 5.25. The number of benzene rings is 2. The lowest BCUT2D eigenvalue weighted by Crippen LogP contribution is -1.99. The second-order valence-corrected chi connectivity index (χ2v) is 9.04. The van der Waals surface area contributed by atoms with Crippen LogP contribution in [0.4, 0.5) is 0 Å². The van der Waals surface area contributed by atoms with Crippen LogP contribution in [0, 0.1) is 0 Å². The van der Waals surface area contributed by atoms with E-state index in [4.69, 9.17) is 0 Å². The Balaban J connectivity index is 2.43. The molecule has 0 fully saturated rings. The van der Waals surface area contributed by atoms with E-state index in [0.717, 1.165) is 0 Å². The molecule has 2 aromatic carbocycles. The number of hydrogen-bond donors (Lipinski definition) is 0. The first kappa shape index (κ1) is 22.2. The van der Waals surface area contributed by atoms with E-state index in [-0.39, 0.29) is 0 Å². The van der Waals surface area contributed by atoms with Crippen LogP contribution in [0.15, 0.2) is 48.6 Å². The summed E-state index contributed by atoms with van der Waals surface area (Å²) in [6.07, 6.45) is 9.03. The normalized spacial score (nSPS) is 12.6. The number of rotatable bonds is 7. The lowest BCUT2D eigenvalue weighted by atomic mass is 9.88. The zero-order valence-electron chi connectivity index (χ0n) is 19.1. The molecule has 2 aromatic rings. The van der Waals surface area contributed by atoms with E-state index in [9.17, 15) is 0 Å². The first-order valence-corrected chi connectivity index (χ1v) is 10.8. The van der Waals surface area contributed by atoms with Gasteiger partial charge in [-0.1, -0.05) is 116 Å². The van der Waals surface area contributed by atoms with Crippen LogP contribution in [0.3, 0.4) is 0 Å². The lowest BCUT2D eigenvalue weighted by Gasteiger charge is -2.17. The fourth-order valence-electron chi connectivity index (χ4n) is 3.91. The van der Waals surface area contributed by atoms with Gasteiger partial charge in [-0.05, 0) is 57.1 Å². The Bertz CT molecular complexity index is 705. The van der Waals surface area contributed by atoms with Gasteiger partial charge in [0.05, 0.1) is 0 Å². The molecule has 0 N–H and O–H groups in total. The zero-order chi connectivity index (χ0) is 20.8. The first-order chi connectivity index (χ1) is 13.2. The van der Waals surface area contributed by atoms with Crippen LogP contribution in [0.5, 0.6) is 0 Å². The van der Waals surface area contributed by atoms with Crippen LogP contribution >= 0.6 is 0 Å². The van der Waals surface area contributed by atoms with Crippen molar-refractivity contribution in [2.24, 2.45) is 0 Å². The Morgan fingerprint density at radius 1 is 0.464 bits per heavy atom. The Morgan fingerprint density at radius 3 is 0.929 bits per heavy atom. The molecule has 0 atom stereocenters. The second-order valence-electron chi connectivity index (χ2n) is 9.04. The molecule has 0 saturated carbocycles. The fraction of sp³-hybridized carbons (Fsp3) is 0.429. The van der Waals surface area contributed by atoms with Crippen molar-refractivity contribution < 1.29 is 0 Å². The molecule has 0 aliphatic heterocycles. The van der Waals surface area contributed by atoms with E-state index in [1.165, 1.54) is 33.4 Å². The van der Waals surface area contributed by atoms with Gasteiger partial charge in [0.2, 0.25) is 0 Å². The summed E-state index contributed by atoms with van der Waals surface area (Å²) in [4.78, 5) is 0. The zero-order valence-corrected chi connectivity index (χ0v) is 19.1. The molecule has 0 bridgehead atoms. The first-order valence-electron chi connectivity index (χ1n) is 10.8. The molecule has 28 heavy (non-hydrogen) atoms. The summed E-state index contributed by atoms with van der Waals surface area (Å²) in [7, 11) is 0. The highest BCUT2D eigenvalue weighted by molar-refractivity contribution is 5.65. The SMILES string of the molecule is CC(C)c1cccc(C(C)C)c1/C=C/C=C/c1c(C(C)C)cccc1C(C)C. The monoisotopic (exact) mass is 374 g/mol. The van der Waals surface area contributed by atoms with Crippen LogP contribution in [-0.2, 0) is 0 Å². The van der Waals surface area contributed by atoms with Crippen LogP contribution in [-0.4, -0.2) is 0 Å². The average molecular weight is 375 g/mol. The molecule has 0 heterocycles. The van der Waals surface area contributed by atoms with Gasteiger partial charge in [-0.2, -0.15) is 0 Å². The van der Waals surface area contributed by atoms with Crippen LogP contribution in [0.1, 0.15) is 112 Å². The van der Waals surface area contributed by atoms with E-state index >= 15 is 0 Å². The van der Waals surface area contributed by atoms with Crippen molar-refractivity contribution >= 4 is 12.2 Å². The van der Waals surface area contributed by atoms with E-state index in [1.54, 1.807) is 0 Å². The topological polar surface area (TPSA) is 0 Å². The molecule has 0 aromatic heterocycles. The van der Waals surface area contributed by atoms with Crippen molar-refractivity contribution in [2.45, 2.75) is 79.1 Å². The van der Waals surface area contributed by atoms with Gasteiger partial charge in [0, 0.05) is 0 Å². The second kappa shape index (κ2) is 9.92. The average Bonchev–Trinajstić information content (AvgIpc) is 2.64. The maximum absolute atomic E-state index is 2.30. The Hall–Kier alpha value is -2.08. The van der Waals surface area contributed by atoms with Crippen molar-refractivity contribution in [3.05, 3.63) is 81.9 Å². The minimum absolute atomic E-state index is 0.525. The summed E-state index contributed by atoms with van der Waals surface area (Å²) in [5.41, 5.74) is 8.50. The Labute approximate surface area is 173 Å². The summed E-state index contributed by atoms with van der Waals surface area (Å²) >= 11 is 0. The molecule has 0 amide bonds. The molecule has 2 rings (SSSR count). The summed E-state index contributed by atoms with van der Waals surface area (Å²) in [6, 6.07) is 13.5. The van der Waals surface area contributed by atoms with Gasteiger partial charge in [0.25, 0.3) is 0 Å². The molecule has 0 saturated heterocycles. The predicted molar refractivity (Wildman–Crippen MR) is 127 cm³/mol. The molecule has 0 aliphatic rings. The van der Waals surface area contributed by atoms with Gasteiger partial charge in [-0.15, -0.1) is 0 Å². The molecule has 0 nitrogen and oxygen atoms in total. The molecule has 0 heteroatoms. The standard InChI is InChI=1S/C28H38/c1-19(2)23-15-11-16-24(20(3)4)27(23)13-9-10-14-28-25(21(5)6)17-12-18-26(28)22(7)8/h9-22H,1-8H3/b13-9+,14-10+. The third-order valence-corrected chi connectivity index (χ3v) is 5.47. The van der Waals surface area contributed by atoms with Crippen LogP contribution in [0.2, 0.25) is 0 Å². The van der Waals surface area contributed by atoms with Crippen LogP contribution in [0.25, 0.3) is 12.2 Å². The Kier molecular flexibility index (Phi) is 7.87. The smallest absolute Gasteiger partial charge is 0.0187 e. The van der Waals surface area contributed by atoms with Gasteiger partial charge in [-0.3, -0.25) is 0 Å². The molecular weight excluding hydrogens is 336 g/mol. The maximum atomic E-state index is 2.30. The molecule has 0 spiro atoms. The summed E-state index contributed by atoms with van der Waals surface area (Å²) in [6.45, 7) is 18.2. The minimum Gasteiger partial charge on any atom is -0.0617 e. The van der Waals surface area contributed by atoms with Crippen molar-refractivity contribution in [1.29, 1.82) is 0 Å². The number of allylic oxidation sites excluding steroid dienone is 2. The largest absolute Gasteiger partial charge is 0.0617 e. The van der Waals surface area contributed by atoms with Gasteiger partial charge < -0.3 is 0 Å². The van der Waals surface area contributed by atoms with Gasteiger partial charge in [-0.25, -0.2) is 0 Å². The quantitative estimate of drug-likeness (QED) is 0.424. The van der Waals surface area contributed by atoms with E-state index < -0.39 is 0 Å². The molecular formula is C28H38. The van der Waals surface area contributed by atoms with E-state index in [0.29, 0.717) is 23.7 Å². The molecule has 0 unspecified atom stereocenters. The minimum atomic E-state index is 0.525. The number of hydrogen-bond acceptors (Lipinski definition) is 0. The van der Waals surface area contributed by atoms with Gasteiger partial charge in [0.15, 0.2) is 0 Å². The lowest BCUT2D eigenvalue weighted by molar-refractivity contribution is 0.829. The molecule has 0 radical (unpaired) electrons.